The summed E-state index contributed by atoms with van der Waals surface area (Å²) >= 11 is 0. The van der Waals surface area contributed by atoms with Gasteiger partial charge in [0, 0.05) is 19.5 Å². The van der Waals surface area contributed by atoms with E-state index in [4.69, 9.17) is 17.2 Å². The molecular formula is C29H46N8O8. The highest BCUT2D eigenvalue weighted by molar-refractivity contribution is 5.96. The molecule has 1 heterocycles. The number of hydrogen-bond acceptors (Lipinski definition) is 9. The highest BCUT2D eigenvalue weighted by atomic mass is 16.4. The minimum atomic E-state index is -1.56. The molecule has 0 bridgehead atoms. The zero-order valence-electron chi connectivity index (χ0n) is 25.8. The van der Waals surface area contributed by atoms with Crippen molar-refractivity contribution >= 4 is 35.6 Å². The first-order chi connectivity index (χ1) is 21.1. The van der Waals surface area contributed by atoms with Crippen molar-refractivity contribution < 1.29 is 39.3 Å². The number of aliphatic hydroxyl groups is 1. The molecule has 0 aromatic heterocycles. The van der Waals surface area contributed by atoms with Gasteiger partial charge in [0.05, 0.1) is 12.1 Å². The van der Waals surface area contributed by atoms with Crippen molar-refractivity contribution in [2.24, 2.45) is 28.1 Å². The molecule has 1 aromatic rings. The number of hydrogen-bond donors (Lipinski definition) is 9. The van der Waals surface area contributed by atoms with Crippen LogP contribution in [-0.4, -0.2) is 105 Å². The van der Waals surface area contributed by atoms with Gasteiger partial charge in [-0.05, 0) is 56.2 Å². The molecule has 45 heavy (non-hydrogen) atoms. The molecule has 0 radical (unpaired) electrons. The second-order valence-corrected chi connectivity index (χ2v) is 11.5. The maximum Gasteiger partial charge on any atom is 0.328 e. The van der Waals surface area contributed by atoms with E-state index in [-0.39, 0.29) is 44.1 Å². The fourth-order valence-electron chi connectivity index (χ4n) is 4.89. The van der Waals surface area contributed by atoms with Gasteiger partial charge in [-0.25, -0.2) is 4.79 Å². The fraction of sp³-hybridized carbons (Fsp3) is 0.586. The van der Waals surface area contributed by atoms with Crippen LogP contribution in [0.25, 0.3) is 0 Å². The molecule has 6 unspecified atom stereocenters. The number of phenolic OH excluding ortho intramolecular Hbond substituents is 1. The molecule has 0 aliphatic carbocycles. The number of nitrogens with two attached hydrogens (primary N) is 3. The van der Waals surface area contributed by atoms with Crippen LogP contribution in [0.15, 0.2) is 29.3 Å². The normalized spacial score (nSPS) is 17.8. The number of carbonyl (C=O) groups is 5. The Hall–Kier alpha value is -4.44. The number of phenols is 1. The summed E-state index contributed by atoms with van der Waals surface area (Å²) < 4.78 is 0. The number of carboxylic acid groups (broad SMARTS) is 1. The number of nitrogens with one attached hydrogen (secondary N) is 3. The van der Waals surface area contributed by atoms with Crippen molar-refractivity contribution in [1.29, 1.82) is 0 Å². The lowest BCUT2D eigenvalue weighted by Crippen LogP contribution is -2.60. The number of aliphatic hydroxyl groups excluding tert-OH is 1. The lowest BCUT2D eigenvalue weighted by atomic mass is 9.99. The van der Waals surface area contributed by atoms with Crippen LogP contribution >= 0.6 is 0 Å². The van der Waals surface area contributed by atoms with E-state index in [1.54, 1.807) is 26.0 Å². The summed E-state index contributed by atoms with van der Waals surface area (Å²) in [5, 5.41) is 36.4. The highest BCUT2D eigenvalue weighted by Crippen LogP contribution is 2.21. The zero-order chi connectivity index (χ0) is 33.8. The third kappa shape index (κ3) is 11.2. The minimum absolute atomic E-state index is 0.0161. The maximum absolute atomic E-state index is 13.7. The van der Waals surface area contributed by atoms with Crippen LogP contribution in [0.5, 0.6) is 5.75 Å². The first kappa shape index (κ1) is 36.8. The number of likely N-dealkylation sites (tertiary alicyclic amines) is 1. The highest BCUT2D eigenvalue weighted by Gasteiger charge is 2.41. The van der Waals surface area contributed by atoms with Crippen LogP contribution < -0.4 is 33.2 Å². The van der Waals surface area contributed by atoms with Gasteiger partial charge in [0.15, 0.2) is 12.0 Å². The lowest BCUT2D eigenvalue weighted by molar-refractivity contribution is -0.147. The Kier molecular flexibility index (Phi) is 14.0. The van der Waals surface area contributed by atoms with E-state index in [1.165, 1.54) is 24.0 Å². The third-order valence-electron chi connectivity index (χ3n) is 7.43. The predicted molar refractivity (Wildman–Crippen MR) is 164 cm³/mol. The number of amides is 4. The molecule has 4 amide bonds. The molecule has 6 atom stereocenters. The Labute approximate surface area is 261 Å². The summed E-state index contributed by atoms with van der Waals surface area (Å²) in [6, 6.07) is 0.279. The van der Waals surface area contributed by atoms with E-state index >= 15 is 0 Å². The number of nitrogens with zero attached hydrogens (tertiary/aromatic N) is 2. The number of aliphatic imine (C=N–C) groups is 1. The average molecular weight is 635 g/mol. The lowest BCUT2D eigenvalue weighted by Gasteiger charge is -2.32. The van der Waals surface area contributed by atoms with E-state index in [2.05, 4.69) is 20.9 Å². The standard InChI is InChI=1S/C29H46N8O8/c1-15(2)22(27(43)37-13-5-7-21(37)26(42)36-23(16(3)38)28(44)45)35-25(41)20(14-17-8-10-18(39)11-9-17)34-24(40)19(30)6-4-12-33-29(31)32/h8-11,15-16,19-23,38-39H,4-7,12-14,30H2,1-3H3,(H,34,40)(H,35,41)(H,36,42)(H,44,45)(H4,31,32,33). The number of rotatable bonds is 16. The van der Waals surface area contributed by atoms with E-state index in [9.17, 15) is 39.3 Å². The minimum Gasteiger partial charge on any atom is -0.508 e. The van der Waals surface area contributed by atoms with Gasteiger partial charge in [-0.2, -0.15) is 0 Å². The summed E-state index contributed by atoms with van der Waals surface area (Å²) in [6.07, 6.45) is 0.0347. The number of carboxylic acids is 1. The Morgan fingerprint density at radius 2 is 1.64 bits per heavy atom. The first-order valence-electron chi connectivity index (χ1n) is 14.8. The SMILES string of the molecule is CC(C)C(NC(=O)C(Cc1ccc(O)cc1)NC(=O)C(N)CCCN=C(N)N)C(=O)N1CCCC1C(=O)NC(C(=O)O)C(C)O. The topological polar surface area (TPSA) is 276 Å². The molecular weight excluding hydrogens is 588 g/mol. The molecule has 0 spiro atoms. The molecule has 12 N–H and O–H groups in total. The molecule has 16 nitrogen and oxygen atoms in total. The predicted octanol–water partition coefficient (Wildman–Crippen LogP) is -2.12. The van der Waals surface area contributed by atoms with Gasteiger partial charge < -0.3 is 53.4 Å². The fourth-order valence-corrected chi connectivity index (χ4v) is 4.89. The van der Waals surface area contributed by atoms with Crippen molar-refractivity contribution in [2.75, 3.05) is 13.1 Å². The molecule has 1 saturated heterocycles. The van der Waals surface area contributed by atoms with Crippen LogP contribution in [0.4, 0.5) is 0 Å². The molecule has 16 heteroatoms. The smallest absolute Gasteiger partial charge is 0.328 e. The number of aliphatic carboxylic acids is 1. The van der Waals surface area contributed by atoms with Crippen molar-refractivity contribution in [3.05, 3.63) is 29.8 Å². The number of carbonyl (C=O) groups excluding carboxylic acids is 4. The maximum atomic E-state index is 13.7. The number of guanidine groups is 1. The Morgan fingerprint density at radius 1 is 1.00 bits per heavy atom. The summed E-state index contributed by atoms with van der Waals surface area (Å²) in [5.74, 6) is -4.47. The van der Waals surface area contributed by atoms with E-state index in [0.29, 0.717) is 18.4 Å². The van der Waals surface area contributed by atoms with Gasteiger partial charge in [-0.1, -0.05) is 26.0 Å². The molecule has 1 aliphatic rings. The van der Waals surface area contributed by atoms with Crippen LogP contribution in [0.2, 0.25) is 0 Å². The summed E-state index contributed by atoms with van der Waals surface area (Å²) in [4.78, 5) is 70.0. The van der Waals surface area contributed by atoms with Crippen molar-refractivity contribution in [2.45, 2.75) is 89.2 Å². The van der Waals surface area contributed by atoms with Crippen LogP contribution in [0.1, 0.15) is 52.0 Å². The largest absolute Gasteiger partial charge is 0.508 e. The van der Waals surface area contributed by atoms with Crippen LogP contribution in [0, 0.1) is 5.92 Å². The average Bonchev–Trinajstić information content (AvgIpc) is 3.46. The summed E-state index contributed by atoms with van der Waals surface area (Å²) in [5.41, 5.74) is 17.3. The van der Waals surface area contributed by atoms with Gasteiger partial charge in [-0.3, -0.25) is 24.2 Å². The monoisotopic (exact) mass is 634 g/mol. The van der Waals surface area contributed by atoms with E-state index in [0.717, 1.165) is 0 Å². The van der Waals surface area contributed by atoms with Crippen LogP contribution in [0.3, 0.4) is 0 Å². The first-order valence-corrected chi connectivity index (χ1v) is 14.8. The summed E-state index contributed by atoms with van der Waals surface area (Å²) in [6.45, 7) is 5.12. The Bertz CT molecular complexity index is 1220. The second-order valence-electron chi connectivity index (χ2n) is 11.5. The summed E-state index contributed by atoms with van der Waals surface area (Å²) in [7, 11) is 0. The molecule has 0 saturated carbocycles. The van der Waals surface area contributed by atoms with E-state index in [1.807, 2.05) is 0 Å². The van der Waals surface area contributed by atoms with Crippen molar-refractivity contribution in [3.8, 4) is 5.75 Å². The molecule has 250 valence electrons. The van der Waals surface area contributed by atoms with Gasteiger partial charge in [-0.15, -0.1) is 0 Å². The van der Waals surface area contributed by atoms with Gasteiger partial charge in [0.25, 0.3) is 0 Å². The van der Waals surface area contributed by atoms with Crippen LogP contribution in [-0.2, 0) is 30.4 Å². The molecule has 1 aromatic carbocycles. The third-order valence-corrected chi connectivity index (χ3v) is 7.43. The Balaban J connectivity index is 2.22. The molecule has 1 aliphatic heterocycles. The zero-order valence-corrected chi connectivity index (χ0v) is 25.8. The van der Waals surface area contributed by atoms with E-state index < -0.39 is 71.8 Å². The Morgan fingerprint density at radius 3 is 2.20 bits per heavy atom. The molecule has 1 fully saturated rings. The van der Waals surface area contributed by atoms with Gasteiger partial charge in [0.2, 0.25) is 23.6 Å². The van der Waals surface area contributed by atoms with Crippen molar-refractivity contribution in [3.63, 3.8) is 0 Å². The number of benzene rings is 1. The molecule has 2 rings (SSSR count). The van der Waals surface area contributed by atoms with Gasteiger partial charge in [0.1, 0.15) is 23.9 Å². The van der Waals surface area contributed by atoms with Gasteiger partial charge >= 0.3 is 5.97 Å². The second kappa shape index (κ2) is 17.2. The quantitative estimate of drug-likeness (QED) is 0.0539. The number of aromatic hydroxyl groups is 1. The van der Waals surface area contributed by atoms with Crippen molar-refractivity contribution in [1.82, 2.24) is 20.9 Å².